The minimum Gasteiger partial charge on any atom is -0.436 e. The first kappa shape index (κ1) is 16.4. The van der Waals surface area contributed by atoms with Gasteiger partial charge in [-0.1, -0.05) is 18.2 Å². The second-order valence-electron chi connectivity index (χ2n) is 6.36. The lowest BCUT2D eigenvalue weighted by Crippen LogP contribution is -2.62. The van der Waals surface area contributed by atoms with E-state index in [-0.39, 0.29) is 17.8 Å². The molecule has 2 aromatic rings. The van der Waals surface area contributed by atoms with Gasteiger partial charge >= 0.3 is 0 Å². The monoisotopic (exact) mass is 343 g/mol. The number of methoxy groups -OCH3 is 2. The lowest BCUT2D eigenvalue weighted by atomic mass is 9.65. The number of fused-ring (bicyclic) bond motifs is 3. The molecule has 1 aromatic heterocycles. The molecule has 0 N–H and O–H groups in total. The Balaban J connectivity index is 1.83. The molecule has 5 rings (SSSR count). The fraction of sp³-hybridized carbons (Fsp3) is 0.474. The van der Waals surface area contributed by atoms with Crippen molar-refractivity contribution in [3.63, 3.8) is 0 Å². The molecule has 1 aromatic carbocycles. The fourth-order valence-electron chi connectivity index (χ4n) is 4.10. The van der Waals surface area contributed by atoms with Crippen LogP contribution in [0.5, 0.6) is 0 Å². The summed E-state index contributed by atoms with van der Waals surface area (Å²) in [6.07, 6.45) is 2.36. The van der Waals surface area contributed by atoms with Crippen molar-refractivity contribution in [3.05, 3.63) is 36.2 Å². The molecule has 3 aliphatic rings. The SMILES string of the molecule is CCO[C@H]1C[C@H]2C(c3nc4ccccc4o3)=C[C@@H]1C(=O)C2(OC)OC. The Morgan fingerprint density at radius 2 is 2.04 bits per heavy atom. The largest absolute Gasteiger partial charge is 0.436 e. The van der Waals surface area contributed by atoms with E-state index in [4.69, 9.17) is 18.6 Å². The van der Waals surface area contributed by atoms with Gasteiger partial charge in [-0.2, -0.15) is 0 Å². The molecule has 0 amide bonds. The van der Waals surface area contributed by atoms with Crippen LogP contribution in [0.25, 0.3) is 16.7 Å². The molecule has 1 saturated carbocycles. The van der Waals surface area contributed by atoms with Gasteiger partial charge in [0.2, 0.25) is 17.5 Å². The van der Waals surface area contributed by atoms with Crippen molar-refractivity contribution in [1.29, 1.82) is 0 Å². The molecular weight excluding hydrogens is 322 g/mol. The normalized spacial score (nSPS) is 27.7. The van der Waals surface area contributed by atoms with E-state index in [2.05, 4.69) is 4.98 Å². The maximum atomic E-state index is 13.0. The molecular formula is C19H21NO5. The molecule has 2 bridgehead atoms. The van der Waals surface area contributed by atoms with Gasteiger partial charge in [0.25, 0.3) is 0 Å². The van der Waals surface area contributed by atoms with E-state index >= 15 is 0 Å². The summed E-state index contributed by atoms with van der Waals surface area (Å²) in [5.74, 6) is -1.67. The van der Waals surface area contributed by atoms with Crippen LogP contribution < -0.4 is 0 Å². The Hall–Kier alpha value is -2.02. The molecule has 1 heterocycles. The Morgan fingerprint density at radius 1 is 1.28 bits per heavy atom. The highest BCUT2D eigenvalue weighted by Gasteiger charge is 2.61. The summed E-state index contributed by atoms with van der Waals surface area (Å²) < 4.78 is 22.9. The van der Waals surface area contributed by atoms with Crippen LogP contribution in [-0.2, 0) is 19.0 Å². The molecule has 0 saturated heterocycles. The number of hydrogen-bond acceptors (Lipinski definition) is 6. The van der Waals surface area contributed by atoms with E-state index in [9.17, 15) is 4.79 Å². The quantitative estimate of drug-likeness (QED) is 0.778. The molecule has 3 atom stereocenters. The second-order valence-corrected chi connectivity index (χ2v) is 6.36. The first-order valence-electron chi connectivity index (χ1n) is 8.48. The number of benzene rings is 1. The number of carbonyl (C=O) groups excluding carboxylic acids is 1. The fourth-order valence-corrected chi connectivity index (χ4v) is 4.10. The zero-order valence-corrected chi connectivity index (χ0v) is 14.5. The predicted molar refractivity (Wildman–Crippen MR) is 90.8 cm³/mol. The Morgan fingerprint density at radius 3 is 2.72 bits per heavy atom. The van der Waals surface area contributed by atoms with Gasteiger partial charge in [0, 0.05) is 26.4 Å². The van der Waals surface area contributed by atoms with Gasteiger partial charge in [-0.25, -0.2) is 4.98 Å². The number of aromatic nitrogens is 1. The van der Waals surface area contributed by atoms with Crippen molar-refractivity contribution >= 4 is 22.5 Å². The third-order valence-electron chi connectivity index (χ3n) is 5.24. The van der Waals surface area contributed by atoms with Crippen molar-refractivity contribution in [2.24, 2.45) is 11.8 Å². The van der Waals surface area contributed by atoms with Crippen molar-refractivity contribution in [2.45, 2.75) is 25.2 Å². The van der Waals surface area contributed by atoms with Gasteiger partial charge in [-0.3, -0.25) is 4.79 Å². The van der Waals surface area contributed by atoms with Crippen LogP contribution in [0.3, 0.4) is 0 Å². The van der Waals surface area contributed by atoms with E-state index < -0.39 is 11.7 Å². The molecule has 0 radical (unpaired) electrons. The summed E-state index contributed by atoms with van der Waals surface area (Å²) in [4.78, 5) is 17.6. The van der Waals surface area contributed by atoms with E-state index in [1.54, 1.807) is 0 Å². The summed E-state index contributed by atoms with van der Waals surface area (Å²) in [7, 11) is 3.00. The third-order valence-corrected chi connectivity index (χ3v) is 5.24. The molecule has 6 nitrogen and oxygen atoms in total. The summed E-state index contributed by atoms with van der Waals surface area (Å²) in [5.41, 5.74) is 2.35. The number of para-hydroxylation sites is 2. The number of hydrogen-bond donors (Lipinski definition) is 0. The molecule has 0 unspecified atom stereocenters. The highest BCUT2D eigenvalue weighted by molar-refractivity contribution is 5.98. The number of rotatable bonds is 5. The maximum absolute atomic E-state index is 13.0. The number of oxazole rings is 1. The van der Waals surface area contributed by atoms with E-state index in [1.807, 2.05) is 37.3 Å². The number of carbonyl (C=O) groups is 1. The average Bonchev–Trinajstić information content (AvgIpc) is 3.07. The third kappa shape index (κ3) is 2.28. The van der Waals surface area contributed by atoms with Gasteiger partial charge in [-0.15, -0.1) is 0 Å². The molecule has 132 valence electrons. The topological polar surface area (TPSA) is 70.8 Å². The first-order chi connectivity index (χ1) is 12.1. The van der Waals surface area contributed by atoms with Crippen molar-refractivity contribution < 1.29 is 23.4 Å². The minimum absolute atomic E-state index is 0.105. The summed E-state index contributed by atoms with van der Waals surface area (Å²) >= 11 is 0. The van der Waals surface area contributed by atoms with Gasteiger partial charge in [0.05, 0.1) is 17.9 Å². The summed E-state index contributed by atoms with van der Waals surface area (Å²) in [6.45, 7) is 2.48. The van der Waals surface area contributed by atoms with Crippen LogP contribution in [0.1, 0.15) is 19.2 Å². The highest BCUT2D eigenvalue weighted by Crippen LogP contribution is 2.51. The second kappa shape index (κ2) is 6.05. The summed E-state index contributed by atoms with van der Waals surface area (Å²) in [5, 5.41) is 0. The van der Waals surface area contributed by atoms with Gasteiger partial charge in [0.15, 0.2) is 5.58 Å². The number of ether oxygens (including phenoxy) is 3. The van der Waals surface area contributed by atoms with Crippen molar-refractivity contribution in [3.8, 4) is 0 Å². The predicted octanol–water partition coefficient (Wildman–Crippen LogP) is 2.82. The summed E-state index contributed by atoms with van der Waals surface area (Å²) in [6, 6.07) is 7.60. The Kier molecular flexibility index (Phi) is 3.98. The Labute approximate surface area is 145 Å². The van der Waals surface area contributed by atoms with E-state index in [1.165, 1.54) is 14.2 Å². The average molecular weight is 343 g/mol. The lowest BCUT2D eigenvalue weighted by Gasteiger charge is -2.49. The number of ketones is 1. The molecule has 0 spiro atoms. The van der Waals surface area contributed by atoms with Gasteiger partial charge < -0.3 is 18.6 Å². The number of Topliss-reactive ketones (excluding diaryl/α,β-unsaturated/α-hetero) is 1. The van der Waals surface area contributed by atoms with Crippen LogP contribution in [0, 0.1) is 11.8 Å². The highest BCUT2D eigenvalue weighted by atomic mass is 16.7. The molecule has 0 aliphatic heterocycles. The van der Waals surface area contributed by atoms with Crippen LogP contribution in [0.15, 0.2) is 34.8 Å². The zero-order valence-electron chi connectivity index (χ0n) is 14.5. The smallest absolute Gasteiger partial charge is 0.236 e. The molecule has 6 heteroatoms. The molecule has 25 heavy (non-hydrogen) atoms. The van der Waals surface area contributed by atoms with Gasteiger partial charge in [0.1, 0.15) is 5.52 Å². The van der Waals surface area contributed by atoms with Crippen LogP contribution in [0.4, 0.5) is 0 Å². The van der Waals surface area contributed by atoms with Gasteiger partial charge in [-0.05, 0) is 25.5 Å². The van der Waals surface area contributed by atoms with Crippen LogP contribution >= 0.6 is 0 Å². The number of nitrogens with zero attached hydrogens (tertiary/aromatic N) is 1. The van der Waals surface area contributed by atoms with E-state index in [0.29, 0.717) is 24.5 Å². The minimum atomic E-state index is -1.32. The lowest BCUT2D eigenvalue weighted by molar-refractivity contribution is -0.243. The maximum Gasteiger partial charge on any atom is 0.236 e. The Bertz CT molecular complexity index is 802. The zero-order chi connectivity index (χ0) is 17.6. The molecule has 3 aliphatic carbocycles. The molecule has 1 fully saturated rings. The van der Waals surface area contributed by atoms with Crippen LogP contribution in [-0.4, -0.2) is 43.5 Å². The first-order valence-corrected chi connectivity index (χ1v) is 8.48. The van der Waals surface area contributed by atoms with Crippen LogP contribution in [0.2, 0.25) is 0 Å². The standard InChI is InChI=1S/C19H21NO5/c1-4-24-16-10-13-11(9-12(16)17(21)19(13,22-2)23-3)18-20-14-7-5-6-8-15(14)25-18/h5-9,12-13,16H,4,10H2,1-3H3/t12-,13-,16-/m0/s1. The van der Waals surface area contributed by atoms with E-state index in [0.717, 1.165) is 11.1 Å². The van der Waals surface area contributed by atoms with Crippen molar-refractivity contribution in [2.75, 3.05) is 20.8 Å². The van der Waals surface area contributed by atoms with Crippen molar-refractivity contribution in [1.82, 2.24) is 4.98 Å².